The molecule has 2 amide bonds. The maximum atomic E-state index is 12.0. The van der Waals surface area contributed by atoms with E-state index in [1.54, 1.807) is 24.3 Å². The summed E-state index contributed by atoms with van der Waals surface area (Å²) in [4.78, 5) is 31.1. The Bertz CT molecular complexity index is 653. The van der Waals surface area contributed by atoms with Crippen LogP contribution in [0.1, 0.15) is 13.3 Å². The number of rotatable bonds is 5. The maximum Gasteiger partial charge on any atom is 0.262 e. The van der Waals surface area contributed by atoms with Crippen LogP contribution in [0.4, 0.5) is 5.69 Å². The minimum absolute atomic E-state index is 0.0102. The number of benzene rings is 1. The highest BCUT2D eigenvalue weighted by molar-refractivity contribution is 8.15. The van der Waals surface area contributed by atoms with Gasteiger partial charge < -0.3 is 21.5 Å². The molecule has 0 aliphatic carbocycles. The number of amides is 2. The molecule has 2 rings (SSSR count). The first kappa shape index (κ1) is 16.8. The molecule has 0 saturated heterocycles. The summed E-state index contributed by atoms with van der Waals surface area (Å²) in [6.45, 7) is 2.47. The molecule has 1 atom stereocenters. The summed E-state index contributed by atoms with van der Waals surface area (Å²) >= 11 is 1.07. The molecule has 23 heavy (non-hydrogen) atoms. The lowest BCUT2D eigenvalue weighted by Gasteiger charge is -2.09. The van der Waals surface area contributed by atoms with Gasteiger partial charge in [-0.2, -0.15) is 9.98 Å². The molecule has 0 unspecified atom stereocenters. The van der Waals surface area contributed by atoms with E-state index in [1.807, 2.05) is 6.92 Å². The summed E-state index contributed by atoms with van der Waals surface area (Å²) in [5.74, 6) is -0.163. The van der Waals surface area contributed by atoms with Gasteiger partial charge in [-0.3, -0.25) is 9.59 Å². The third kappa shape index (κ3) is 4.99. The summed E-state index contributed by atoms with van der Waals surface area (Å²) in [5, 5.41) is 2.28. The number of carbonyl (C=O) groups excluding carboxylic acids is 2. The van der Waals surface area contributed by atoms with Crippen LogP contribution in [0.5, 0.6) is 5.75 Å². The van der Waals surface area contributed by atoms with Gasteiger partial charge in [0.15, 0.2) is 11.1 Å². The fourth-order valence-electron chi connectivity index (χ4n) is 1.84. The number of thioether (sulfide) groups is 1. The lowest BCUT2D eigenvalue weighted by atomic mass is 10.2. The minimum Gasteiger partial charge on any atom is -0.494 e. The molecule has 0 spiro atoms. The number of nitrogens with zero attached hydrogens (tertiary/aromatic N) is 2. The SMILES string of the molecule is CCOc1ccc(NC(=O)C[C@@H]2SC(N=C(N)N)=NC2=O)cc1. The zero-order chi connectivity index (χ0) is 16.8. The third-order valence-corrected chi connectivity index (χ3v) is 3.82. The molecule has 0 fully saturated rings. The first-order valence-corrected chi connectivity index (χ1v) is 7.77. The largest absolute Gasteiger partial charge is 0.494 e. The van der Waals surface area contributed by atoms with Crippen molar-refractivity contribution >= 4 is 40.4 Å². The van der Waals surface area contributed by atoms with Crippen molar-refractivity contribution < 1.29 is 14.3 Å². The second-order valence-corrected chi connectivity index (χ2v) is 5.76. The lowest BCUT2D eigenvalue weighted by Crippen LogP contribution is -2.23. The molecule has 0 saturated carbocycles. The van der Waals surface area contributed by atoms with E-state index in [0.29, 0.717) is 12.3 Å². The molecule has 0 radical (unpaired) electrons. The fourth-order valence-corrected chi connectivity index (χ4v) is 2.79. The molecule has 1 aliphatic heterocycles. The van der Waals surface area contributed by atoms with Crippen molar-refractivity contribution in [3.05, 3.63) is 24.3 Å². The summed E-state index contributed by atoms with van der Waals surface area (Å²) in [6, 6.07) is 6.98. The van der Waals surface area contributed by atoms with Crippen LogP contribution >= 0.6 is 11.8 Å². The van der Waals surface area contributed by atoms with Gasteiger partial charge in [-0.25, -0.2) is 0 Å². The van der Waals surface area contributed by atoms with E-state index in [1.165, 1.54) is 0 Å². The van der Waals surface area contributed by atoms with Crippen molar-refractivity contribution in [2.75, 3.05) is 11.9 Å². The number of hydrogen-bond donors (Lipinski definition) is 3. The predicted octanol–water partition coefficient (Wildman–Crippen LogP) is 0.685. The molecule has 1 heterocycles. The Kier molecular flexibility index (Phi) is 5.58. The number of hydrogen-bond acceptors (Lipinski definition) is 5. The van der Waals surface area contributed by atoms with Crippen LogP contribution in [0.3, 0.4) is 0 Å². The summed E-state index contributed by atoms with van der Waals surface area (Å²) in [7, 11) is 0. The van der Waals surface area contributed by atoms with Crippen molar-refractivity contribution in [3.8, 4) is 5.75 Å². The first-order chi connectivity index (χ1) is 11.0. The highest BCUT2D eigenvalue weighted by atomic mass is 32.2. The number of amidine groups is 1. The zero-order valence-electron chi connectivity index (χ0n) is 12.5. The van der Waals surface area contributed by atoms with Crippen LogP contribution in [0.2, 0.25) is 0 Å². The van der Waals surface area contributed by atoms with Crippen LogP contribution in [-0.4, -0.2) is 34.8 Å². The highest BCUT2D eigenvalue weighted by Gasteiger charge is 2.30. The predicted molar refractivity (Wildman–Crippen MR) is 90.5 cm³/mol. The Morgan fingerprint density at radius 2 is 2.09 bits per heavy atom. The van der Waals surface area contributed by atoms with Crippen molar-refractivity contribution in [2.45, 2.75) is 18.6 Å². The topological polar surface area (TPSA) is 132 Å². The number of nitrogens with one attached hydrogen (secondary N) is 1. The highest BCUT2D eigenvalue weighted by Crippen LogP contribution is 2.26. The Morgan fingerprint density at radius 1 is 1.39 bits per heavy atom. The van der Waals surface area contributed by atoms with Gasteiger partial charge in [0.05, 0.1) is 6.61 Å². The van der Waals surface area contributed by atoms with Gasteiger partial charge >= 0.3 is 0 Å². The summed E-state index contributed by atoms with van der Waals surface area (Å²) < 4.78 is 5.32. The number of ether oxygens (including phenoxy) is 1. The van der Waals surface area contributed by atoms with E-state index in [0.717, 1.165) is 17.5 Å². The average molecular weight is 335 g/mol. The second kappa shape index (κ2) is 7.63. The Hall–Kier alpha value is -2.55. The second-order valence-electron chi connectivity index (χ2n) is 4.59. The van der Waals surface area contributed by atoms with Gasteiger partial charge in [-0.05, 0) is 31.2 Å². The molecule has 9 heteroatoms. The normalized spacial score (nSPS) is 16.7. The number of nitrogens with two attached hydrogens (primary N) is 2. The van der Waals surface area contributed by atoms with Gasteiger partial charge in [-0.1, -0.05) is 11.8 Å². The van der Waals surface area contributed by atoms with Crippen LogP contribution < -0.4 is 21.5 Å². The van der Waals surface area contributed by atoms with Gasteiger partial charge in [0.25, 0.3) is 5.91 Å². The maximum absolute atomic E-state index is 12.0. The molecular weight excluding hydrogens is 318 g/mol. The first-order valence-electron chi connectivity index (χ1n) is 6.89. The molecule has 1 aromatic carbocycles. The quantitative estimate of drug-likeness (QED) is 0.535. The lowest BCUT2D eigenvalue weighted by molar-refractivity contribution is -0.121. The van der Waals surface area contributed by atoms with Crippen LogP contribution in [0, 0.1) is 0 Å². The molecule has 1 aromatic rings. The third-order valence-electron chi connectivity index (χ3n) is 2.77. The van der Waals surface area contributed by atoms with Crippen molar-refractivity contribution in [1.29, 1.82) is 0 Å². The van der Waals surface area contributed by atoms with Gasteiger partial charge in [0.2, 0.25) is 5.91 Å². The van der Waals surface area contributed by atoms with E-state index in [4.69, 9.17) is 16.2 Å². The van der Waals surface area contributed by atoms with E-state index in [-0.39, 0.29) is 23.5 Å². The van der Waals surface area contributed by atoms with E-state index < -0.39 is 11.2 Å². The van der Waals surface area contributed by atoms with Crippen molar-refractivity contribution in [3.63, 3.8) is 0 Å². The van der Waals surface area contributed by atoms with Crippen molar-refractivity contribution in [2.24, 2.45) is 21.5 Å². The Morgan fingerprint density at radius 3 is 2.70 bits per heavy atom. The zero-order valence-corrected chi connectivity index (χ0v) is 13.3. The van der Waals surface area contributed by atoms with E-state index >= 15 is 0 Å². The standard InChI is InChI=1S/C14H17N5O3S/c1-2-22-9-5-3-8(4-6-9)17-11(20)7-10-12(21)18-14(23-10)19-13(15)16/h3-6,10H,2,7H2,1H3,(H,17,20)(H4,15,16,18,19,21)/t10-/m0/s1. The monoisotopic (exact) mass is 335 g/mol. The fraction of sp³-hybridized carbons (Fsp3) is 0.286. The van der Waals surface area contributed by atoms with Gasteiger partial charge in [-0.15, -0.1) is 0 Å². The number of aliphatic imine (C=N–C) groups is 2. The number of anilines is 1. The minimum atomic E-state index is -0.615. The van der Waals surface area contributed by atoms with E-state index in [2.05, 4.69) is 15.3 Å². The Balaban J connectivity index is 1.88. The van der Waals surface area contributed by atoms with Crippen LogP contribution in [-0.2, 0) is 9.59 Å². The van der Waals surface area contributed by atoms with E-state index in [9.17, 15) is 9.59 Å². The van der Waals surface area contributed by atoms with Crippen LogP contribution in [0.15, 0.2) is 34.3 Å². The molecular formula is C14H17N5O3S. The molecule has 122 valence electrons. The smallest absolute Gasteiger partial charge is 0.262 e. The molecule has 8 nitrogen and oxygen atoms in total. The number of guanidine groups is 1. The summed E-state index contributed by atoms with van der Waals surface area (Å²) in [6.07, 6.45) is -0.0102. The summed E-state index contributed by atoms with van der Waals surface area (Å²) in [5.41, 5.74) is 11.1. The van der Waals surface area contributed by atoms with Gasteiger partial charge in [0.1, 0.15) is 11.0 Å². The molecule has 1 aliphatic rings. The molecule has 5 N–H and O–H groups in total. The van der Waals surface area contributed by atoms with Crippen molar-refractivity contribution in [1.82, 2.24) is 0 Å². The Labute approximate surface area is 137 Å². The van der Waals surface area contributed by atoms with Crippen LogP contribution in [0.25, 0.3) is 0 Å². The van der Waals surface area contributed by atoms with Gasteiger partial charge in [0, 0.05) is 12.1 Å². The average Bonchev–Trinajstić information content (AvgIpc) is 2.80. The number of carbonyl (C=O) groups is 2. The molecule has 0 aromatic heterocycles. The molecule has 0 bridgehead atoms.